The minimum atomic E-state index is -4.05. The predicted octanol–water partition coefficient (Wildman–Crippen LogP) is 2.62. The first kappa shape index (κ1) is 15.5. The zero-order valence-corrected chi connectivity index (χ0v) is 11.6. The fraction of sp³-hybridized carbons (Fsp3) is 0.143. The smallest absolute Gasteiger partial charge is 0.211 e. The molecule has 0 radical (unpaired) electrons. The van der Waals surface area contributed by atoms with Crippen LogP contribution < -0.4 is 4.72 Å². The number of nitrogens with one attached hydrogen (secondary N) is 1. The largest absolute Gasteiger partial charge is 0.243 e. The zero-order chi connectivity index (χ0) is 15.5. The number of hydrogen-bond acceptors (Lipinski definition) is 2. The lowest BCUT2D eigenvalue weighted by molar-refractivity contribution is 0.543. The molecule has 0 heterocycles. The summed E-state index contributed by atoms with van der Waals surface area (Å²) >= 11 is 0. The molecule has 2 rings (SSSR count). The Balaban J connectivity index is 2.03. The van der Waals surface area contributed by atoms with Crippen molar-refractivity contribution in [1.29, 1.82) is 0 Å². The molecule has 7 heteroatoms. The number of hydrogen-bond donors (Lipinski definition) is 1. The van der Waals surface area contributed by atoms with E-state index in [4.69, 9.17) is 0 Å². The molecule has 112 valence electrons. The van der Waals surface area contributed by atoms with E-state index in [1.807, 2.05) is 0 Å². The third kappa shape index (κ3) is 4.05. The molecule has 2 aromatic rings. The van der Waals surface area contributed by atoms with Gasteiger partial charge in [0.15, 0.2) is 0 Å². The number of rotatable bonds is 5. The molecule has 0 aliphatic rings. The second-order valence-electron chi connectivity index (χ2n) is 4.35. The summed E-state index contributed by atoms with van der Waals surface area (Å²) in [5.74, 6) is -2.38. The van der Waals surface area contributed by atoms with Crippen LogP contribution in [0, 0.1) is 17.5 Å². The standard InChI is InChI=1S/C14H12F3NO2S/c15-11-3-1-10(2-4-11)7-8-18-21(19,20)14-6-5-12(16)9-13(14)17/h1-6,9,18H,7-8H2. The van der Waals surface area contributed by atoms with E-state index in [1.165, 1.54) is 24.3 Å². The summed E-state index contributed by atoms with van der Waals surface area (Å²) in [7, 11) is -4.05. The Hall–Kier alpha value is -1.86. The molecule has 0 bridgehead atoms. The molecule has 0 fully saturated rings. The van der Waals surface area contributed by atoms with Gasteiger partial charge in [-0.05, 0) is 36.2 Å². The molecule has 2 aromatic carbocycles. The minimum absolute atomic E-state index is 0.0186. The van der Waals surface area contributed by atoms with E-state index in [2.05, 4.69) is 4.72 Å². The van der Waals surface area contributed by atoms with Crippen LogP contribution in [0.3, 0.4) is 0 Å². The van der Waals surface area contributed by atoms with Gasteiger partial charge in [-0.15, -0.1) is 0 Å². The van der Waals surface area contributed by atoms with Gasteiger partial charge < -0.3 is 0 Å². The summed E-state index contributed by atoms with van der Waals surface area (Å²) < 4.78 is 64.9. The fourth-order valence-electron chi connectivity index (χ4n) is 1.75. The second-order valence-corrected chi connectivity index (χ2v) is 6.08. The van der Waals surface area contributed by atoms with Crippen LogP contribution in [0.4, 0.5) is 13.2 Å². The summed E-state index contributed by atoms with van der Waals surface area (Å²) in [5.41, 5.74) is 0.735. The number of halogens is 3. The van der Waals surface area contributed by atoms with Crippen molar-refractivity contribution < 1.29 is 21.6 Å². The first-order valence-corrected chi connectivity index (χ1v) is 7.56. The lowest BCUT2D eigenvalue weighted by Crippen LogP contribution is -2.26. The van der Waals surface area contributed by atoms with Crippen molar-refractivity contribution >= 4 is 10.0 Å². The first-order valence-electron chi connectivity index (χ1n) is 6.08. The average Bonchev–Trinajstić information content (AvgIpc) is 2.40. The monoisotopic (exact) mass is 315 g/mol. The van der Waals surface area contributed by atoms with E-state index in [9.17, 15) is 21.6 Å². The van der Waals surface area contributed by atoms with Gasteiger partial charge in [0.1, 0.15) is 22.3 Å². The van der Waals surface area contributed by atoms with Gasteiger partial charge in [0.25, 0.3) is 0 Å². The highest BCUT2D eigenvalue weighted by atomic mass is 32.2. The van der Waals surface area contributed by atoms with E-state index < -0.39 is 26.6 Å². The molecule has 1 N–H and O–H groups in total. The van der Waals surface area contributed by atoms with Crippen LogP contribution in [0.15, 0.2) is 47.4 Å². The van der Waals surface area contributed by atoms with Gasteiger partial charge in [-0.25, -0.2) is 26.3 Å². The van der Waals surface area contributed by atoms with Crippen molar-refractivity contribution in [2.24, 2.45) is 0 Å². The molecule has 0 unspecified atom stereocenters. The van der Waals surface area contributed by atoms with Gasteiger partial charge in [0.2, 0.25) is 10.0 Å². The maximum Gasteiger partial charge on any atom is 0.243 e. The quantitative estimate of drug-likeness (QED) is 0.922. The Labute approximate surface area is 120 Å². The molecule has 0 aliphatic heterocycles. The number of benzene rings is 2. The zero-order valence-electron chi connectivity index (χ0n) is 10.8. The molecule has 0 aromatic heterocycles. The van der Waals surface area contributed by atoms with Crippen molar-refractivity contribution in [2.45, 2.75) is 11.3 Å². The van der Waals surface area contributed by atoms with E-state index in [0.717, 1.165) is 17.7 Å². The Morgan fingerprint density at radius 3 is 2.14 bits per heavy atom. The van der Waals surface area contributed by atoms with Crippen molar-refractivity contribution in [3.05, 3.63) is 65.5 Å². The molecule has 0 amide bonds. The van der Waals surface area contributed by atoms with Gasteiger partial charge in [-0.1, -0.05) is 12.1 Å². The fourth-order valence-corrected chi connectivity index (χ4v) is 2.84. The Morgan fingerprint density at radius 1 is 0.905 bits per heavy atom. The van der Waals surface area contributed by atoms with E-state index >= 15 is 0 Å². The van der Waals surface area contributed by atoms with Gasteiger partial charge in [-0.3, -0.25) is 0 Å². The molecule has 3 nitrogen and oxygen atoms in total. The van der Waals surface area contributed by atoms with Crippen molar-refractivity contribution in [3.8, 4) is 0 Å². The first-order chi connectivity index (χ1) is 9.88. The van der Waals surface area contributed by atoms with Crippen LogP contribution >= 0.6 is 0 Å². The van der Waals surface area contributed by atoms with Crippen molar-refractivity contribution in [3.63, 3.8) is 0 Å². The molecule has 0 aliphatic carbocycles. The Bertz CT molecular complexity index is 730. The maximum absolute atomic E-state index is 13.4. The lowest BCUT2D eigenvalue weighted by atomic mass is 10.1. The third-order valence-electron chi connectivity index (χ3n) is 2.80. The highest BCUT2D eigenvalue weighted by Gasteiger charge is 2.18. The summed E-state index contributed by atoms with van der Waals surface area (Å²) in [4.78, 5) is -0.608. The van der Waals surface area contributed by atoms with Crippen LogP contribution in [0.2, 0.25) is 0 Å². The summed E-state index contributed by atoms with van der Waals surface area (Å²) in [6.07, 6.45) is 0.322. The predicted molar refractivity (Wildman–Crippen MR) is 71.7 cm³/mol. The van der Waals surface area contributed by atoms with Crippen LogP contribution in [-0.4, -0.2) is 15.0 Å². The van der Waals surface area contributed by atoms with Gasteiger partial charge in [0.05, 0.1) is 0 Å². The molecular formula is C14H12F3NO2S. The molecule has 0 spiro atoms. The van der Waals surface area contributed by atoms with Crippen molar-refractivity contribution in [1.82, 2.24) is 4.72 Å². The van der Waals surface area contributed by atoms with Crippen LogP contribution in [0.25, 0.3) is 0 Å². The van der Waals surface area contributed by atoms with E-state index in [1.54, 1.807) is 0 Å². The Kier molecular flexibility index (Phi) is 4.64. The molecular weight excluding hydrogens is 303 g/mol. The average molecular weight is 315 g/mol. The normalized spacial score (nSPS) is 11.6. The summed E-state index contributed by atoms with van der Waals surface area (Å²) in [6, 6.07) is 7.84. The molecule has 21 heavy (non-hydrogen) atoms. The highest BCUT2D eigenvalue weighted by molar-refractivity contribution is 7.89. The van der Waals surface area contributed by atoms with Gasteiger partial charge >= 0.3 is 0 Å². The summed E-state index contributed by atoms with van der Waals surface area (Å²) in [5, 5.41) is 0. The van der Waals surface area contributed by atoms with Crippen LogP contribution in [0.1, 0.15) is 5.56 Å². The molecule has 0 saturated carbocycles. The maximum atomic E-state index is 13.4. The second kappa shape index (κ2) is 6.28. The third-order valence-corrected chi connectivity index (χ3v) is 4.30. The SMILES string of the molecule is O=S(=O)(NCCc1ccc(F)cc1)c1ccc(F)cc1F. The Morgan fingerprint density at radius 2 is 1.52 bits per heavy atom. The topological polar surface area (TPSA) is 46.2 Å². The summed E-state index contributed by atoms with van der Waals surface area (Å²) in [6.45, 7) is 0.0186. The van der Waals surface area contributed by atoms with Crippen molar-refractivity contribution in [2.75, 3.05) is 6.54 Å². The molecule has 0 saturated heterocycles. The van der Waals surface area contributed by atoms with Crippen LogP contribution in [0.5, 0.6) is 0 Å². The van der Waals surface area contributed by atoms with Crippen LogP contribution in [-0.2, 0) is 16.4 Å². The van der Waals surface area contributed by atoms with Gasteiger partial charge in [-0.2, -0.15) is 0 Å². The number of sulfonamides is 1. The highest BCUT2D eigenvalue weighted by Crippen LogP contribution is 2.15. The van der Waals surface area contributed by atoms with E-state index in [0.29, 0.717) is 12.5 Å². The lowest BCUT2D eigenvalue weighted by Gasteiger charge is -2.08. The minimum Gasteiger partial charge on any atom is -0.211 e. The van der Waals surface area contributed by atoms with Gasteiger partial charge in [0, 0.05) is 12.6 Å². The van der Waals surface area contributed by atoms with E-state index in [-0.39, 0.29) is 12.4 Å². The molecule has 0 atom stereocenters.